The lowest BCUT2D eigenvalue weighted by Crippen LogP contribution is -2.39. The van der Waals surface area contributed by atoms with E-state index in [0.717, 1.165) is 29.9 Å². The van der Waals surface area contributed by atoms with Gasteiger partial charge in [-0.3, -0.25) is 14.7 Å². The minimum atomic E-state index is -0.355. The number of likely N-dealkylation sites (tertiary alicyclic amines) is 1. The minimum Gasteiger partial charge on any atom is -0.361 e. The first-order valence-electron chi connectivity index (χ1n) is 11.2. The number of aromatic amines is 1. The summed E-state index contributed by atoms with van der Waals surface area (Å²) in [5.74, 6) is 0.974. The lowest BCUT2D eigenvalue weighted by Gasteiger charge is -2.31. The Labute approximate surface area is 191 Å². The summed E-state index contributed by atoms with van der Waals surface area (Å²) in [5, 5.41) is 13.5. The van der Waals surface area contributed by atoms with Crippen molar-refractivity contribution in [1.29, 1.82) is 0 Å². The van der Waals surface area contributed by atoms with E-state index >= 15 is 0 Å². The molecule has 3 aromatic rings. The Morgan fingerprint density at radius 1 is 1.24 bits per heavy atom. The molecule has 2 amide bonds. The van der Waals surface area contributed by atoms with Gasteiger partial charge in [-0.1, -0.05) is 17.3 Å². The molecule has 3 heterocycles. The quantitative estimate of drug-likeness (QED) is 0.562. The van der Waals surface area contributed by atoms with Gasteiger partial charge in [0.05, 0.1) is 11.4 Å². The van der Waals surface area contributed by atoms with E-state index in [2.05, 4.69) is 20.7 Å². The Morgan fingerprint density at radius 2 is 2.00 bits per heavy atom. The van der Waals surface area contributed by atoms with Crippen molar-refractivity contribution in [1.82, 2.24) is 20.3 Å². The second-order valence-electron chi connectivity index (χ2n) is 8.53. The van der Waals surface area contributed by atoms with Crippen LogP contribution < -0.4 is 5.32 Å². The van der Waals surface area contributed by atoms with Crippen LogP contribution in [0.4, 0.5) is 10.2 Å². The van der Waals surface area contributed by atoms with Gasteiger partial charge < -0.3 is 14.7 Å². The molecule has 9 heteroatoms. The third kappa shape index (κ3) is 5.47. The topological polar surface area (TPSA) is 104 Å². The molecule has 0 aliphatic carbocycles. The summed E-state index contributed by atoms with van der Waals surface area (Å²) >= 11 is 0. The molecule has 8 nitrogen and oxygen atoms in total. The molecule has 174 valence electrons. The van der Waals surface area contributed by atoms with Crippen LogP contribution in [0.25, 0.3) is 11.3 Å². The van der Waals surface area contributed by atoms with Crippen LogP contribution in [-0.4, -0.2) is 45.2 Å². The largest absolute Gasteiger partial charge is 0.361 e. The number of aryl methyl sites for hydroxylation is 2. The van der Waals surface area contributed by atoms with Gasteiger partial charge in [-0.05, 0) is 51.2 Å². The molecule has 0 radical (unpaired) electrons. The van der Waals surface area contributed by atoms with E-state index in [-0.39, 0.29) is 23.5 Å². The number of anilines is 1. The van der Waals surface area contributed by atoms with Gasteiger partial charge in [-0.25, -0.2) is 4.39 Å². The number of hydrogen-bond acceptors (Lipinski definition) is 5. The van der Waals surface area contributed by atoms with Crippen molar-refractivity contribution < 1.29 is 18.5 Å². The maximum Gasteiger partial charge on any atom is 0.225 e. The Hall–Kier alpha value is -3.49. The Balaban J connectivity index is 1.22. The molecule has 1 saturated heterocycles. The third-order valence-corrected chi connectivity index (χ3v) is 6.22. The summed E-state index contributed by atoms with van der Waals surface area (Å²) in [5.41, 5.74) is 2.75. The first kappa shape index (κ1) is 22.7. The van der Waals surface area contributed by atoms with E-state index < -0.39 is 0 Å². The van der Waals surface area contributed by atoms with E-state index in [4.69, 9.17) is 4.52 Å². The van der Waals surface area contributed by atoms with Crippen molar-refractivity contribution in [2.75, 3.05) is 18.4 Å². The zero-order chi connectivity index (χ0) is 23.4. The highest BCUT2D eigenvalue weighted by Crippen LogP contribution is 2.25. The third-order valence-electron chi connectivity index (χ3n) is 6.22. The maximum atomic E-state index is 13.9. The summed E-state index contributed by atoms with van der Waals surface area (Å²) in [6, 6.07) is 8.01. The van der Waals surface area contributed by atoms with Crippen molar-refractivity contribution in [3.05, 3.63) is 53.2 Å². The molecule has 1 aromatic carbocycles. The van der Waals surface area contributed by atoms with Gasteiger partial charge in [-0.2, -0.15) is 5.10 Å². The Kier molecular flexibility index (Phi) is 6.86. The normalized spacial score (nSPS) is 14.5. The fourth-order valence-electron chi connectivity index (χ4n) is 4.29. The second kappa shape index (κ2) is 9.97. The van der Waals surface area contributed by atoms with E-state index in [0.29, 0.717) is 49.4 Å². The smallest absolute Gasteiger partial charge is 0.225 e. The lowest BCUT2D eigenvalue weighted by molar-refractivity contribution is -0.132. The first-order chi connectivity index (χ1) is 15.9. The molecule has 0 unspecified atom stereocenters. The number of benzene rings is 1. The standard InChI is InChI=1S/C24H28FN5O3/c1-15-18(16(2)33-29-15)7-8-24(32)30-11-9-17(10-12-30)13-23(31)26-22-14-21(27-28-22)19-5-3-4-6-20(19)25/h3-6,14,17H,7-13H2,1-2H3,(H2,26,27,28,31). The summed E-state index contributed by atoms with van der Waals surface area (Å²) in [6.45, 7) is 5.05. The van der Waals surface area contributed by atoms with E-state index in [1.165, 1.54) is 6.07 Å². The van der Waals surface area contributed by atoms with Crippen molar-refractivity contribution >= 4 is 17.6 Å². The molecule has 1 aliphatic rings. The van der Waals surface area contributed by atoms with Crippen molar-refractivity contribution in [3.8, 4) is 11.3 Å². The Bertz CT molecular complexity index is 1110. The van der Waals surface area contributed by atoms with Crippen LogP contribution in [0.1, 0.15) is 42.7 Å². The van der Waals surface area contributed by atoms with Crippen LogP contribution in [0, 0.1) is 25.6 Å². The molecule has 2 N–H and O–H groups in total. The van der Waals surface area contributed by atoms with Gasteiger partial charge in [0.25, 0.3) is 0 Å². The summed E-state index contributed by atoms with van der Waals surface area (Å²) in [6.07, 6.45) is 2.98. The molecule has 1 fully saturated rings. The molecular weight excluding hydrogens is 425 g/mol. The number of aromatic nitrogens is 3. The van der Waals surface area contributed by atoms with Crippen LogP contribution in [0.2, 0.25) is 0 Å². The number of carbonyl (C=O) groups is 2. The molecule has 0 saturated carbocycles. The van der Waals surface area contributed by atoms with Gasteiger partial charge in [0.2, 0.25) is 11.8 Å². The molecule has 1 aliphatic heterocycles. The predicted molar refractivity (Wildman–Crippen MR) is 121 cm³/mol. The molecule has 0 atom stereocenters. The van der Waals surface area contributed by atoms with Crippen LogP contribution in [0.15, 0.2) is 34.9 Å². The zero-order valence-electron chi connectivity index (χ0n) is 18.9. The number of H-pyrrole nitrogens is 1. The van der Waals surface area contributed by atoms with Gasteiger partial charge in [-0.15, -0.1) is 0 Å². The molecule has 4 rings (SSSR count). The maximum absolute atomic E-state index is 13.9. The minimum absolute atomic E-state index is 0.120. The predicted octanol–water partition coefficient (Wildman–Crippen LogP) is 4.02. The second-order valence-corrected chi connectivity index (χ2v) is 8.53. The summed E-state index contributed by atoms with van der Waals surface area (Å²) < 4.78 is 19.1. The average Bonchev–Trinajstić information content (AvgIpc) is 3.39. The van der Waals surface area contributed by atoms with Gasteiger partial charge in [0, 0.05) is 43.1 Å². The van der Waals surface area contributed by atoms with Crippen LogP contribution in [-0.2, 0) is 16.0 Å². The van der Waals surface area contributed by atoms with E-state index in [9.17, 15) is 14.0 Å². The molecule has 0 spiro atoms. The fraction of sp³-hybridized carbons (Fsp3) is 0.417. The number of nitrogens with one attached hydrogen (secondary N) is 2. The van der Waals surface area contributed by atoms with Crippen molar-refractivity contribution in [3.63, 3.8) is 0 Å². The monoisotopic (exact) mass is 453 g/mol. The van der Waals surface area contributed by atoms with Gasteiger partial charge in [0.1, 0.15) is 11.6 Å². The number of nitrogens with zero attached hydrogens (tertiary/aromatic N) is 3. The highest BCUT2D eigenvalue weighted by atomic mass is 19.1. The first-order valence-corrected chi connectivity index (χ1v) is 11.2. The highest BCUT2D eigenvalue weighted by molar-refractivity contribution is 5.90. The van der Waals surface area contributed by atoms with Crippen LogP contribution in [0.5, 0.6) is 0 Å². The van der Waals surface area contributed by atoms with Gasteiger partial charge in [0.15, 0.2) is 5.82 Å². The Morgan fingerprint density at radius 3 is 2.70 bits per heavy atom. The van der Waals surface area contributed by atoms with E-state index in [1.54, 1.807) is 24.3 Å². The number of amides is 2. The van der Waals surface area contributed by atoms with Gasteiger partial charge >= 0.3 is 0 Å². The number of carbonyl (C=O) groups excluding carboxylic acids is 2. The lowest BCUT2D eigenvalue weighted by atomic mass is 9.93. The fourth-order valence-corrected chi connectivity index (χ4v) is 4.29. The zero-order valence-corrected chi connectivity index (χ0v) is 18.9. The summed E-state index contributed by atoms with van der Waals surface area (Å²) in [7, 11) is 0. The van der Waals surface area contributed by atoms with Crippen molar-refractivity contribution in [2.45, 2.75) is 46.0 Å². The molecular formula is C24H28FN5O3. The van der Waals surface area contributed by atoms with Crippen LogP contribution >= 0.6 is 0 Å². The highest BCUT2D eigenvalue weighted by Gasteiger charge is 2.25. The summed E-state index contributed by atoms with van der Waals surface area (Å²) in [4.78, 5) is 26.9. The number of piperidine rings is 1. The molecule has 33 heavy (non-hydrogen) atoms. The van der Waals surface area contributed by atoms with E-state index in [1.807, 2.05) is 18.7 Å². The SMILES string of the molecule is Cc1noc(C)c1CCC(=O)N1CCC(CC(=O)Nc2cc(-c3ccccc3F)[nH]n2)CC1. The number of rotatable bonds is 7. The van der Waals surface area contributed by atoms with Crippen LogP contribution in [0.3, 0.4) is 0 Å². The number of hydrogen-bond donors (Lipinski definition) is 2. The molecule has 0 bridgehead atoms. The van der Waals surface area contributed by atoms with Crippen molar-refractivity contribution in [2.24, 2.45) is 5.92 Å². The average molecular weight is 454 g/mol. The molecule has 2 aromatic heterocycles. The number of halogens is 1.